The van der Waals surface area contributed by atoms with E-state index in [4.69, 9.17) is 0 Å². The zero-order valence-corrected chi connectivity index (χ0v) is 5.14. The minimum absolute atomic E-state index is 1.06. The second-order valence-corrected chi connectivity index (χ2v) is 1.53. The van der Waals surface area contributed by atoms with Crippen molar-refractivity contribution in [3.05, 3.63) is 37.5 Å². The molecule has 0 aromatic rings. The molecule has 0 nitrogen and oxygen atoms in total. The highest BCUT2D eigenvalue weighted by molar-refractivity contribution is 4.97. The average Bonchev–Trinajstić information content (AvgIpc) is 1.81. The quantitative estimate of drug-likeness (QED) is 0.295. The van der Waals surface area contributed by atoms with Crippen molar-refractivity contribution in [2.45, 2.75) is 12.8 Å². The summed E-state index contributed by atoms with van der Waals surface area (Å²) in [5, 5.41) is 0. The maximum atomic E-state index is 3.60. The lowest BCUT2D eigenvalue weighted by Gasteiger charge is -1.79. The van der Waals surface area contributed by atoms with Gasteiger partial charge in [0.05, 0.1) is 0 Å². The summed E-state index contributed by atoms with van der Waals surface area (Å²) in [4.78, 5) is 0. The van der Waals surface area contributed by atoms with E-state index in [0.29, 0.717) is 0 Å². The summed E-state index contributed by atoms with van der Waals surface area (Å²) in [6.07, 6.45) is 9.86. The van der Waals surface area contributed by atoms with E-state index in [1.165, 1.54) is 0 Å². The molecule has 0 aliphatic heterocycles. The molecule has 0 fully saturated rings. The van der Waals surface area contributed by atoms with Gasteiger partial charge in [0, 0.05) is 0 Å². The Morgan fingerprint density at radius 1 is 1.12 bits per heavy atom. The molecule has 0 aliphatic rings. The van der Waals surface area contributed by atoms with Crippen LogP contribution in [0.4, 0.5) is 0 Å². The zero-order valence-electron chi connectivity index (χ0n) is 5.14. The molecule has 0 aliphatic carbocycles. The smallest absolute Gasteiger partial charge is 0.0313 e. The fourth-order valence-corrected chi connectivity index (χ4v) is 0.407. The summed E-state index contributed by atoms with van der Waals surface area (Å²) >= 11 is 0. The van der Waals surface area contributed by atoms with Crippen molar-refractivity contribution in [2.24, 2.45) is 0 Å². The minimum Gasteiger partial charge on any atom is -0.103 e. The first-order valence-corrected chi connectivity index (χ1v) is 2.80. The fraction of sp³-hybridized carbons (Fsp3) is 0.250. The van der Waals surface area contributed by atoms with Crippen LogP contribution in [0, 0.1) is 0 Å². The van der Waals surface area contributed by atoms with Gasteiger partial charge in [-0.3, -0.25) is 0 Å². The lowest BCUT2D eigenvalue weighted by molar-refractivity contribution is 1.06. The molecule has 0 spiro atoms. The first-order chi connectivity index (χ1) is 3.91. The summed E-state index contributed by atoms with van der Waals surface area (Å²) in [6, 6.07) is 0. The van der Waals surface area contributed by atoms with Crippen molar-refractivity contribution < 1.29 is 0 Å². The highest BCUT2D eigenvalue weighted by Gasteiger charge is 1.69. The number of allylic oxidation sites excluding steroid dienone is 4. The summed E-state index contributed by atoms with van der Waals surface area (Å²) < 4.78 is 0. The van der Waals surface area contributed by atoms with Gasteiger partial charge in [-0.2, -0.15) is 0 Å². The number of rotatable bonds is 4. The monoisotopic (exact) mass is 108 g/mol. The summed E-state index contributed by atoms with van der Waals surface area (Å²) in [6.45, 7) is 7.14. The third kappa shape index (κ3) is 5.22. The van der Waals surface area contributed by atoms with Gasteiger partial charge in [-0.1, -0.05) is 30.9 Å². The molecule has 8 heavy (non-hydrogen) atoms. The molecule has 0 saturated carbocycles. The van der Waals surface area contributed by atoms with Gasteiger partial charge in [0.1, 0.15) is 0 Å². The van der Waals surface area contributed by atoms with Crippen molar-refractivity contribution in [3.8, 4) is 0 Å². The molecule has 0 radical (unpaired) electrons. The highest BCUT2D eigenvalue weighted by Crippen LogP contribution is 1.89. The van der Waals surface area contributed by atoms with Crippen LogP contribution in [-0.4, -0.2) is 0 Å². The third-order valence-corrected chi connectivity index (χ3v) is 0.810. The SMILES string of the molecule is C=C/C=C/CCC=C. The highest BCUT2D eigenvalue weighted by atomic mass is 13.8. The van der Waals surface area contributed by atoms with E-state index in [1.807, 2.05) is 12.2 Å². The molecule has 0 N–H and O–H groups in total. The van der Waals surface area contributed by atoms with Crippen molar-refractivity contribution >= 4 is 0 Å². The van der Waals surface area contributed by atoms with E-state index < -0.39 is 0 Å². The Balaban J connectivity index is 3.02. The average molecular weight is 108 g/mol. The van der Waals surface area contributed by atoms with Gasteiger partial charge in [-0.25, -0.2) is 0 Å². The Kier molecular flexibility index (Phi) is 5.61. The van der Waals surface area contributed by atoms with Crippen LogP contribution in [0.2, 0.25) is 0 Å². The topological polar surface area (TPSA) is 0 Å². The lowest BCUT2D eigenvalue weighted by Crippen LogP contribution is -1.59. The minimum atomic E-state index is 1.06. The Morgan fingerprint density at radius 2 is 1.88 bits per heavy atom. The van der Waals surface area contributed by atoms with E-state index >= 15 is 0 Å². The molecular weight excluding hydrogens is 96.1 g/mol. The summed E-state index contributed by atoms with van der Waals surface area (Å²) in [5.74, 6) is 0. The fourth-order valence-electron chi connectivity index (χ4n) is 0.407. The molecule has 0 heteroatoms. The molecule has 44 valence electrons. The second kappa shape index (κ2) is 6.22. The molecular formula is C8H12. The molecule has 0 bridgehead atoms. The van der Waals surface area contributed by atoms with Gasteiger partial charge in [0.2, 0.25) is 0 Å². The van der Waals surface area contributed by atoms with E-state index in [9.17, 15) is 0 Å². The standard InChI is InChI=1S/C8H12/c1-3-5-7-8-6-4-2/h3-5,7H,1-2,6,8H2/b7-5+. The van der Waals surface area contributed by atoms with Crippen molar-refractivity contribution in [1.29, 1.82) is 0 Å². The van der Waals surface area contributed by atoms with Crippen LogP contribution in [-0.2, 0) is 0 Å². The molecule has 0 aromatic heterocycles. The Morgan fingerprint density at radius 3 is 2.38 bits per heavy atom. The lowest BCUT2D eigenvalue weighted by atomic mass is 10.3. The maximum Gasteiger partial charge on any atom is -0.0313 e. The Labute approximate surface area is 51.2 Å². The van der Waals surface area contributed by atoms with Crippen LogP contribution in [0.25, 0.3) is 0 Å². The second-order valence-electron chi connectivity index (χ2n) is 1.53. The van der Waals surface area contributed by atoms with E-state index in [-0.39, 0.29) is 0 Å². The van der Waals surface area contributed by atoms with Gasteiger partial charge in [0.15, 0.2) is 0 Å². The number of hydrogen-bond acceptors (Lipinski definition) is 0. The molecule has 0 saturated heterocycles. The Bertz CT molecular complexity index is 88.2. The molecule has 0 atom stereocenters. The first-order valence-electron chi connectivity index (χ1n) is 2.80. The van der Waals surface area contributed by atoms with Crippen LogP contribution < -0.4 is 0 Å². The van der Waals surface area contributed by atoms with Gasteiger partial charge < -0.3 is 0 Å². The summed E-state index contributed by atoms with van der Waals surface area (Å²) in [7, 11) is 0. The largest absolute Gasteiger partial charge is 0.103 e. The summed E-state index contributed by atoms with van der Waals surface area (Å²) in [5.41, 5.74) is 0. The third-order valence-electron chi connectivity index (χ3n) is 0.810. The normalized spacial score (nSPS) is 9.50. The molecule has 0 rings (SSSR count). The number of hydrogen-bond donors (Lipinski definition) is 0. The van der Waals surface area contributed by atoms with Crippen molar-refractivity contribution in [3.63, 3.8) is 0 Å². The molecule has 0 unspecified atom stereocenters. The number of unbranched alkanes of at least 4 members (excludes halogenated alkanes) is 1. The maximum absolute atomic E-state index is 3.60. The van der Waals surface area contributed by atoms with E-state index in [2.05, 4.69) is 19.2 Å². The van der Waals surface area contributed by atoms with Gasteiger partial charge in [-0.05, 0) is 12.8 Å². The van der Waals surface area contributed by atoms with Crippen molar-refractivity contribution in [2.75, 3.05) is 0 Å². The Hall–Kier alpha value is -0.780. The first kappa shape index (κ1) is 7.22. The molecule has 0 amide bonds. The molecule has 0 aromatic carbocycles. The van der Waals surface area contributed by atoms with Gasteiger partial charge in [0.25, 0.3) is 0 Å². The van der Waals surface area contributed by atoms with Gasteiger partial charge >= 0.3 is 0 Å². The van der Waals surface area contributed by atoms with E-state index in [0.717, 1.165) is 12.8 Å². The predicted molar refractivity (Wildman–Crippen MR) is 38.8 cm³/mol. The van der Waals surface area contributed by atoms with Gasteiger partial charge in [-0.15, -0.1) is 6.58 Å². The van der Waals surface area contributed by atoms with Crippen LogP contribution in [0.3, 0.4) is 0 Å². The van der Waals surface area contributed by atoms with Crippen molar-refractivity contribution in [1.82, 2.24) is 0 Å². The van der Waals surface area contributed by atoms with Crippen LogP contribution >= 0.6 is 0 Å². The molecule has 0 heterocycles. The van der Waals surface area contributed by atoms with E-state index in [1.54, 1.807) is 6.08 Å². The zero-order chi connectivity index (χ0) is 6.24. The van der Waals surface area contributed by atoms with Crippen LogP contribution in [0.5, 0.6) is 0 Å². The van der Waals surface area contributed by atoms with Crippen LogP contribution in [0.1, 0.15) is 12.8 Å². The van der Waals surface area contributed by atoms with Crippen LogP contribution in [0.15, 0.2) is 37.5 Å². The predicted octanol–water partition coefficient (Wildman–Crippen LogP) is 2.69.